The second-order valence-electron chi connectivity index (χ2n) is 21.8. The minimum absolute atomic E-state index is 0.0771. The van der Waals surface area contributed by atoms with Crippen molar-refractivity contribution in [3.05, 3.63) is 109 Å². The van der Waals surface area contributed by atoms with Crippen LogP contribution in [0.4, 0.5) is 0 Å². The maximum absolute atomic E-state index is 13.3. The molecule has 0 aromatic rings. The molecule has 1 aliphatic heterocycles. The number of hydrogen-bond donors (Lipinski definition) is 6. The average molecular weight is 1120 g/mol. The molecule has 8 unspecified atom stereocenters. The van der Waals surface area contributed by atoms with Gasteiger partial charge in [0.25, 0.3) is 0 Å². The van der Waals surface area contributed by atoms with E-state index in [0.29, 0.717) is 12.8 Å². The van der Waals surface area contributed by atoms with Gasteiger partial charge in [0.1, 0.15) is 24.4 Å². The molecule has 0 aromatic carbocycles. The topological polar surface area (TPSA) is 175 Å². The largest absolute Gasteiger partial charge is 0.454 e. The number of unbranched alkanes of at least 4 members (excludes halogenated alkanes) is 24. The molecule has 0 spiro atoms. The first-order valence-electron chi connectivity index (χ1n) is 32.2. The Labute approximate surface area is 488 Å². The molecule has 1 rings (SSSR count). The van der Waals surface area contributed by atoms with Crippen LogP contribution in [-0.2, 0) is 23.8 Å². The van der Waals surface area contributed by atoms with Gasteiger partial charge < -0.3 is 45.1 Å². The van der Waals surface area contributed by atoms with Crippen LogP contribution in [0.1, 0.15) is 252 Å². The summed E-state index contributed by atoms with van der Waals surface area (Å²) in [5.41, 5.74) is 0. The molecule has 11 nitrogen and oxygen atoms in total. The maximum Gasteiger partial charge on any atom is 0.306 e. The second-order valence-corrected chi connectivity index (χ2v) is 21.8. The van der Waals surface area contributed by atoms with Gasteiger partial charge in [-0.3, -0.25) is 9.59 Å². The number of aliphatic hydroxyl groups is 5. The SMILES string of the molecule is CC/C=C\C/C=C\C/C=C\C/C=C\C/C=C\C/C=C\CCCCCCCCCCC(=O)OC1C(OCC(NC(=O)C(O)C/C=C/C/C=C\CCCCCCCC)C(O)/C=C/CCCCCCCCCCCC)OC(CO)C(O)C1O. The lowest BCUT2D eigenvalue weighted by molar-refractivity contribution is -0.305. The average Bonchev–Trinajstić information content (AvgIpc) is 3.46. The van der Waals surface area contributed by atoms with Gasteiger partial charge in [-0.15, -0.1) is 0 Å². The highest BCUT2D eigenvalue weighted by Gasteiger charge is 2.47. The molecule has 1 amide bonds. The molecule has 1 heterocycles. The fraction of sp³-hybridized carbons (Fsp3) is 0.710. The molecule has 11 heteroatoms. The van der Waals surface area contributed by atoms with Crippen molar-refractivity contribution in [2.45, 2.75) is 301 Å². The molecular weight excluding hydrogens is 1000 g/mol. The van der Waals surface area contributed by atoms with Crippen LogP contribution in [0.3, 0.4) is 0 Å². The zero-order chi connectivity index (χ0) is 58.2. The van der Waals surface area contributed by atoms with Crippen LogP contribution < -0.4 is 5.32 Å². The van der Waals surface area contributed by atoms with E-state index in [4.69, 9.17) is 14.2 Å². The highest BCUT2D eigenvalue weighted by molar-refractivity contribution is 5.81. The minimum atomic E-state index is -1.63. The summed E-state index contributed by atoms with van der Waals surface area (Å²) in [4.78, 5) is 26.5. The number of nitrogens with one attached hydrogen (secondary N) is 1. The van der Waals surface area contributed by atoms with Gasteiger partial charge in [-0.1, -0.05) is 259 Å². The normalized spacial score (nSPS) is 19.5. The lowest BCUT2D eigenvalue weighted by Gasteiger charge is -2.41. The second kappa shape index (κ2) is 55.8. The van der Waals surface area contributed by atoms with Crippen molar-refractivity contribution in [2.75, 3.05) is 13.2 Å². The van der Waals surface area contributed by atoms with Gasteiger partial charge in [-0.25, -0.2) is 0 Å². The Morgan fingerprint density at radius 1 is 0.500 bits per heavy atom. The number of allylic oxidation sites excluding steroid dienone is 16. The Bertz CT molecular complexity index is 1710. The summed E-state index contributed by atoms with van der Waals surface area (Å²) in [5.74, 6) is -1.28. The number of amides is 1. The third kappa shape index (κ3) is 43.1. The zero-order valence-electron chi connectivity index (χ0n) is 50.7. The van der Waals surface area contributed by atoms with Crippen LogP contribution in [0.25, 0.3) is 0 Å². The summed E-state index contributed by atoms with van der Waals surface area (Å²) >= 11 is 0. The lowest BCUT2D eigenvalue weighted by atomic mass is 9.99. The highest BCUT2D eigenvalue weighted by atomic mass is 16.7. The van der Waals surface area contributed by atoms with Gasteiger partial charge in [0, 0.05) is 12.8 Å². The summed E-state index contributed by atoms with van der Waals surface area (Å²) in [5, 5.41) is 56.8. The molecule has 1 aliphatic rings. The van der Waals surface area contributed by atoms with E-state index in [1.807, 2.05) is 12.2 Å². The maximum atomic E-state index is 13.3. The predicted molar refractivity (Wildman–Crippen MR) is 333 cm³/mol. The number of hydrogen-bond acceptors (Lipinski definition) is 10. The van der Waals surface area contributed by atoms with Crippen LogP contribution in [0.15, 0.2) is 109 Å². The van der Waals surface area contributed by atoms with Crippen molar-refractivity contribution in [2.24, 2.45) is 0 Å². The predicted octanol–water partition coefficient (Wildman–Crippen LogP) is 15.7. The van der Waals surface area contributed by atoms with Crippen molar-refractivity contribution in [3.8, 4) is 0 Å². The number of carbonyl (C=O) groups excluding carboxylic acids is 2. The Morgan fingerprint density at radius 2 is 0.900 bits per heavy atom. The van der Waals surface area contributed by atoms with Crippen molar-refractivity contribution < 1.29 is 49.3 Å². The van der Waals surface area contributed by atoms with E-state index >= 15 is 0 Å². The Hall–Kier alpha value is -3.68. The number of esters is 1. The summed E-state index contributed by atoms with van der Waals surface area (Å²) in [6.07, 6.45) is 65.8. The molecule has 0 bridgehead atoms. The number of rotatable bonds is 53. The standard InChI is InChI=1S/C69H117NO10/c1-4-7-10-13-16-19-22-25-26-27-28-29-30-31-32-33-34-35-36-37-38-39-42-45-48-51-54-57-64(74)80-67-66(76)65(75)63(58-71)79-69(67)78-59-60(61(72)55-52-49-46-43-40-23-20-17-14-11-8-5-2)70-68(77)62(73)56-53-50-47-44-41-24-21-18-15-12-9-6-3/h7,10,16,19,25-26,28-29,31-32,34-35,41,44,50,52-53,55,60-63,65-67,69,71-73,75-76H,4-6,8-9,11-15,17-18,20-24,27,30,33,36-40,42-43,45-49,51,54,56-59H2,1-3H3,(H,70,77)/b10-7-,19-16-,26-25-,29-28-,32-31-,35-34-,44-41-,53-50+,55-52+. The molecule has 1 fully saturated rings. The Balaban J connectivity index is 2.61. The van der Waals surface area contributed by atoms with Gasteiger partial charge in [-0.05, 0) is 89.9 Å². The number of ether oxygens (including phenoxy) is 3. The molecule has 0 aliphatic carbocycles. The van der Waals surface area contributed by atoms with Crippen LogP contribution >= 0.6 is 0 Å². The van der Waals surface area contributed by atoms with Gasteiger partial charge in [0.15, 0.2) is 12.4 Å². The van der Waals surface area contributed by atoms with Crippen LogP contribution in [0.5, 0.6) is 0 Å². The Kier molecular flexibility index (Phi) is 51.9. The Morgan fingerprint density at radius 3 is 1.35 bits per heavy atom. The van der Waals surface area contributed by atoms with E-state index in [0.717, 1.165) is 103 Å². The van der Waals surface area contributed by atoms with E-state index in [9.17, 15) is 35.1 Å². The number of carbonyl (C=O) groups is 2. The monoisotopic (exact) mass is 1120 g/mol. The van der Waals surface area contributed by atoms with E-state index in [2.05, 4.69) is 111 Å². The first kappa shape index (κ1) is 74.3. The molecule has 458 valence electrons. The quantitative estimate of drug-likeness (QED) is 0.0195. The molecule has 80 heavy (non-hydrogen) atoms. The lowest BCUT2D eigenvalue weighted by Crippen LogP contribution is -2.61. The molecule has 8 atom stereocenters. The van der Waals surface area contributed by atoms with Gasteiger partial charge >= 0.3 is 5.97 Å². The molecule has 1 saturated heterocycles. The third-order valence-corrected chi connectivity index (χ3v) is 14.4. The van der Waals surface area contributed by atoms with E-state index in [1.165, 1.54) is 103 Å². The van der Waals surface area contributed by atoms with Crippen molar-refractivity contribution in [1.29, 1.82) is 0 Å². The summed E-state index contributed by atoms with van der Waals surface area (Å²) in [7, 11) is 0. The summed E-state index contributed by atoms with van der Waals surface area (Å²) in [6.45, 7) is 5.61. The van der Waals surface area contributed by atoms with Gasteiger partial charge in [-0.2, -0.15) is 0 Å². The van der Waals surface area contributed by atoms with Crippen molar-refractivity contribution in [1.82, 2.24) is 5.32 Å². The number of aliphatic hydroxyl groups excluding tert-OH is 5. The first-order chi connectivity index (χ1) is 39.2. The third-order valence-electron chi connectivity index (χ3n) is 14.4. The molecule has 0 radical (unpaired) electrons. The van der Waals surface area contributed by atoms with Gasteiger partial charge in [0.2, 0.25) is 5.91 Å². The highest BCUT2D eigenvalue weighted by Crippen LogP contribution is 2.26. The van der Waals surface area contributed by atoms with Crippen LogP contribution in [0.2, 0.25) is 0 Å². The van der Waals surface area contributed by atoms with Crippen LogP contribution in [0, 0.1) is 0 Å². The van der Waals surface area contributed by atoms with Crippen molar-refractivity contribution in [3.63, 3.8) is 0 Å². The minimum Gasteiger partial charge on any atom is -0.454 e. The smallest absolute Gasteiger partial charge is 0.306 e. The molecule has 0 saturated carbocycles. The summed E-state index contributed by atoms with van der Waals surface area (Å²) in [6, 6.07) is -1.06. The molecule has 6 N–H and O–H groups in total. The van der Waals surface area contributed by atoms with E-state index in [1.54, 1.807) is 12.2 Å². The van der Waals surface area contributed by atoms with E-state index < -0.39 is 67.4 Å². The molecule has 0 aromatic heterocycles. The van der Waals surface area contributed by atoms with Crippen LogP contribution in [-0.4, -0.2) is 99.6 Å². The fourth-order valence-electron chi connectivity index (χ4n) is 9.34. The van der Waals surface area contributed by atoms with E-state index in [-0.39, 0.29) is 19.4 Å². The fourth-order valence-corrected chi connectivity index (χ4v) is 9.34. The molecular formula is C69H117NO10. The summed E-state index contributed by atoms with van der Waals surface area (Å²) < 4.78 is 17.6. The zero-order valence-corrected chi connectivity index (χ0v) is 50.7. The first-order valence-corrected chi connectivity index (χ1v) is 32.2. The van der Waals surface area contributed by atoms with Crippen molar-refractivity contribution >= 4 is 11.9 Å². The van der Waals surface area contributed by atoms with Gasteiger partial charge in [0.05, 0.1) is 25.4 Å².